The Morgan fingerprint density at radius 1 is 1.22 bits per heavy atom. The van der Waals surface area contributed by atoms with Crippen molar-refractivity contribution in [2.45, 2.75) is 26.4 Å². The molecule has 1 aliphatic rings. The number of nitrogen functional groups attached to an aromatic ring is 1. The van der Waals surface area contributed by atoms with Gasteiger partial charge in [-0.2, -0.15) is 0 Å². The number of carbonyl (C=O) groups is 1. The van der Waals surface area contributed by atoms with Gasteiger partial charge in [-0.15, -0.1) is 0 Å². The molecule has 0 spiro atoms. The monoisotopic (exact) mass is 433 g/mol. The van der Waals surface area contributed by atoms with E-state index in [1.54, 1.807) is 11.8 Å². The topological polar surface area (TPSA) is 103 Å². The van der Waals surface area contributed by atoms with Crippen LogP contribution >= 0.6 is 0 Å². The van der Waals surface area contributed by atoms with Crippen LogP contribution in [0.2, 0.25) is 0 Å². The fourth-order valence-electron chi connectivity index (χ4n) is 3.78. The van der Waals surface area contributed by atoms with E-state index in [2.05, 4.69) is 21.0 Å². The van der Waals surface area contributed by atoms with Crippen LogP contribution in [0.15, 0.2) is 48.8 Å². The van der Waals surface area contributed by atoms with Crippen LogP contribution in [0.5, 0.6) is 5.75 Å². The average molecular weight is 434 g/mol. The van der Waals surface area contributed by atoms with Crippen molar-refractivity contribution in [3.63, 3.8) is 0 Å². The summed E-state index contributed by atoms with van der Waals surface area (Å²) < 4.78 is 11.6. The molecule has 4 rings (SSSR count). The number of amides is 1. The zero-order valence-corrected chi connectivity index (χ0v) is 18.3. The van der Waals surface area contributed by atoms with Crippen LogP contribution < -0.4 is 10.5 Å². The first kappa shape index (κ1) is 21.7. The Labute approximate surface area is 187 Å². The summed E-state index contributed by atoms with van der Waals surface area (Å²) in [5.41, 5.74) is 9.63. The van der Waals surface area contributed by atoms with Gasteiger partial charge in [0.15, 0.2) is 0 Å². The van der Waals surface area contributed by atoms with Gasteiger partial charge in [0.1, 0.15) is 11.9 Å². The quantitative estimate of drug-likeness (QED) is 0.637. The number of anilines is 1. The van der Waals surface area contributed by atoms with Gasteiger partial charge in [0, 0.05) is 25.4 Å². The number of ether oxygens (including phenoxy) is 2. The summed E-state index contributed by atoms with van der Waals surface area (Å²) >= 11 is 0. The zero-order chi connectivity index (χ0) is 22.5. The molecule has 0 unspecified atom stereocenters. The van der Waals surface area contributed by atoms with E-state index in [1.165, 1.54) is 6.20 Å². The predicted molar refractivity (Wildman–Crippen MR) is 120 cm³/mol. The molecule has 8 nitrogen and oxygen atoms in total. The molecular formula is C24H27N5O3. The SMILES string of the molecule is CCOc1ccccc1Cc1ccc([C@H]2CN(C(=O)c3cnc(N)nc3C)CCO2)nc1. The first-order valence-corrected chi connectivity index (χ1v) is 10.7. The summed E-state index contributed by atoms with van der Waals surface area (Å²) in [5, 5.41) is 0. The van der Waals surface area contributed by atoms with E-state index in [4.69, 9.17) is 15.2 Å². The van der Waals surface area contributed by atoms with E-state index >= 15 is 0 Å². The lowest BCUT2D eigenvalue weighted by Gasteiger charge is -2.33. The summed E-state index contributed by atoms with van der Waals surface area (Å²) in [6.45, 7) is 5.73. The van der Waals surface area contributed by atoms with E-state index in [0.29, 0.717) is 37.6 Å². The van der Waals surface area contributed by atoms with Crippen LogP contribution in [-0.2, 0) is 11.2 Å². The van der Waals surface area contributed by atoms with Crippen molar-refractivity contribution in [2.24, 2.45) is 0 Å². The van der Waals surface area contributed by atoms with Crippen LogP contribution in [0, 0.1) is 6.92 Å². The Balaban J connectivity index is 1.44. The van der Waals surface area contributed by atoms with Crippen molar-refractivity contribution < 1.29 is 14.3 Å². The molecule has 0 radical (unpaired) electrons. The lowest BCUT2D eigenvalue weighted by molar-refractivity contribution is -0.0247. The van der Waals surface area contributed by atoms with Crippen molar-refractivity contribution in [1.82, 2.24) is 19.9 Å². The Bertz CT molecular complexity index is 1090. The molecule has 1 saturated heterocycles. The fraction of sp³-hybridized carbons (Fsp3) is 0.333. The number of aromatic nitrogens is 3. The summed E-state index contributed by atoms with van der Waals surface area (Å²) in [5.74, 6) is 0.929. The van der Waals surface area contributed by atoms with E-state index < -0.39 is 0 Å². The summed E-state index contributed by atoms with van der Waals surface area (Å²) in [6, 6.07) is 12.0. The molecule has 0 bridgehead atoms. The number of hydrogen-bond donors (Lipinski definition) is 1. The molecule has 3 aromatic rings. The maximum absolute atomic E-state index is 13.0. The number of pyridine rings is 1. The number of rotatable bonds is 6. The van der Waals surface area contributed by atoms with Gasteiger partial charge in [-0.05, 0) is 37.1 Å². The number of nitrogens with two attached hydrogens (primary N) is 1. The van der Waals surface area contributed by atoms with Crippen molar-refractivity contribution in [3.8, 4) is 5.75 Å². The fourth-order valence-corrected chi connectivity index (χ4v) is 3.78. The summed E-state index contributed by atoms with van der Waals surface area (Å²) in [7, 11) is 0. The highest BCUT2D eigenvalue weighted by molar-refractivity contribution is 5.95. The van der Waals surface area contributed by atoms with Crippen LogP contribution in [0.3, 0.4) is 0 Å². The summed E-state index contributed by atoms with van der Waals surface area (Å²) in [6.07, 6.45) is 3.79. The normalized spacial score (nSPS) is 16.1. The Hall–Kier alpha value is -3.52. The van der Waals surface area contributed by atoms with E-state index in [0.717, 1.165) is 29.0 Å². The molecule has 166 valence electrons. The Kier molecular flexibility index (Phi) is 6.61. The highest BCUT2D eigenvalue weighted by atomic mass is 16.5. The van der Waals surface area contributed by atoms with E-state index in [9.17, 15) is 4.79 Å². The highest BCUT2D eigenvalue weighted by Gasteiger charge is 2.28. The van der Waals surface area contributed by atoms with Crippen molar-refractivity contribution in [2.75, 3.05) is 32.0 Å². The molecule has 3 heterocycles. The minimum absolute atomic E-state index is 0.125. The Morgan fingerprint density at radius 3 is 2.81 bits per heavy atom. The smallest absolute Gasteiger partial charge is 0.257 e. The van der Waals surface area contributed by atoms with Gasteiger partial charge >= 0.3 is 0 Å². The number of morpholine rings is 1. The van der Waals surface area contributed by atoms with Gasteiger partial charge in [0.2, 0.25) is 5.95 Å². The molecular weight excluding hydrogens is 406 g/mol. The van der Waals surface area contributed by atoms with Crippen LogP contribution in [0.1, 0.15) is 45.9 Å². The van der Waals surface area contributed by atoms with Gasteiger partial charge in [-0.3, -0.25) is 9.78 Å². The molecule has 0 saturated carbocycles. The first-order valence-electron chi connectivity index (χ1n) is 10.7. The third kappa shape index (κ3) is 4.86. The molecule has 0 aliphatic carbocycles. The van der Waals surface area contributed by atoms with E-state index in [1.807, 2.05) is 43.5 Å². The zero-order valence-electron chi connectivity index (χ0n) is 18.3. The predicted octanol–water partition coefficient (Wildman–Crippen LogP) is 2.97. The molecule has 32 heavy (non-hydrogen) atoms. The van der Waals surface area contributed by atoms with Gasteiger partial charge in [0.25, 0.3) is 5.91 Å². The summed E-state index contributed by atoms with van der Waals surface area (Å²) in [4.78, 5) is 27.4. The van der Waals surface area contributed by atoms with Crippen LogP contribution in [0.4, 0.5) is 5.95 Å². The van der Waals surface area contributed by atoms with Crippen molar-refractivity contribution >= 4 is 11.9 Å². The average Bonchev–Trinajstić information content (AvgIpc) is 2.81. The molecule has 2 N–H and O–H groups in total. The molecule has 1 fully saturated rings. The van der Waals surface area contributed by atoms with Crippen LogP contribution in [0.25, 0.3) is 0 Å². The number of aryl methyl sites for hydroxylation is 1. The second-order valence-corrected chi connectivity index (χ2v) is 7.65. The standard InChI is InChI=1S/C24H27N5O3/c1-3-31-21-7-5-4-6-18(21)12-17-8-9-20(26-13-17)22-15-29(10-11-32-22)23(30)19-14-27-24(25)28-16(19)2/h4-9,13-14,22H,3,10-12,15H2,1-2H3,(H2,25,27,28)/t22-/m1/s1. The lowest BCUT2D eigenvalue weighted by Crippen LogP contribution is -2.42. The maximum Gasteiger partial charge on any atom is 0.257 e. The number of para-hydroxylation sites is 1. The first-order chi connectivity index (χ1) is 15.5. The maximum atomic E-state index is 13.0. The van der Waals surface area contributed by atoms with Gasteiger partial charge in [-0.25, -0.2) is 9.97 Å². The van der Waals surface area contributed by atoms with E-state index in [-0.39, 0.29) is 18.0 Å². The third-order valence-corrected chi connectivity index (χ3v) is 5.43. The number of nitrogens with zero attached hydrogens (tertiary/aromatic N) is 4. The van der Waals surface area contributed by atoms with Gasteiger partial charge in [0.05, 0.1) is 36.7 Å². The molecule has 2 aromatic heterocycles. The molecule has 1 atom stereocenters. The molecule has 1 aromatic carbocycles. The minimum Gasteiger partial charge on any atom is -0.494 e. The van der Waals surface area contributed by atoms with Crippen LogP contribution in [-0.4, -0.2) is 52.1 Å². The van der Waals surface area contributed by atoms with Gasteiger partial charge < -0.3 is 20.1 Å². The highest BCUT2D eigenvalue weighted by Crippen LogP contribution is 2.25. The lowest BCUT2D eigenvalue weighted by atomic mass is 10.0. The molecule has 1 aliphatic heterocycles. The number of benzene rings is 1. The largest absolute Gasteiger partial charge is 0.494 e. The minimum atomic E-state index is -0.285. The third-order valence-electron chi connectivity index (χ3n) is 5.43. The second kappa shape index (κ2) is 9.74. The molecule has 8 heteroatoms. The second-order valence-electron chi connectivity index (χ2n) is 7.65. The van der Waals surface area contributed by atoms with Crippen molar-refractivity contribution in [1.29, 1.82) is 0 Å². The van der Waals surface area contributed by atoms with Gasteiger partial charge in [-0.1, -0.05) is 24.3 Å². The number of carbonyl (C=O) groups excluding carboxylic acids is 1. The molecule has 1 amide bonds. The Morgan fingerprint density at radius 2 is 2.06 bits per heavy atom. The number of hydrogen-bond acceptors (Lipinski definition) is 7. The van der Waals surface area contributed by atoms with Crippen molar-refractivity contribution in [3.05, 3.63) is 76.9 Å².